The molecule has 0 spiro atoms. The van der Waals surface area contributed by atoms with Gasteiger partial charge in [0.1, 0.15) is 0 Å². The molecule has 2 bridgehead atoms. The van der Waals surface area contributed by atoms with Gasteiger partial charge in [-0.05, 0) is 31.4 Å². The maximum absolute atomic E-state index is 9.38. The SMILES string of the molecule is CCCC[C@@](C)(/C=N\CC1=NC(N)=NC2C=C(Cl)CNC1=C2C)CCO. The van der Waals surface area contributed by atoms with Crippen LogP contribution >= 0.6 is 11.6 Å². The van der Waals surface area contributed by atoms with E-state index in [1.165, 1.54) is 0 Å². The summed E-state index contributed by atoms with van der Waals surface area (Å²) in [6.07, 6.45) is 7.81. The second-order valence-electron chi connectivity index (χ2n) is 7.22. The zero-order valence-corrected chi connectivity index (χ0v) is 16.7. The molecule has 0 saturated heterocycles. The Hall–Kier alpha value is -1.66. The van der Waals surface area contributed by atoms with Crippen LogP contribution in [0.15, 0.2) is 37.4 Å². The van der Waals surface area contributed by atoms with Crippen LogP contribution in [-0.4, -0.2) is 48.7 Å². The average Bonchev–Trinajstić information content (AvgIpc) is 2.78. The largest absolute Gasteiger partial charge is 0.396 e. The van der Waals surface area contributed by atoms with Crippen molar-refractivity contribution in [3.8, 4) is 0 Å². The van der Waals surface area contributed by atoms with Crippen LogP contribution in [0.2, 0.25) is 0 Å². The first-order valence-electron chi connectivity index (χ1n) is 9.22. The van der Waals surface area contributed by atoms with Gasteiger partial charge in [0, 0.05) is 23.3 Å². The first-order valence-corrected chi connectivity index (χ1v) is 9.60. The van der Waals surface area contributed by atoms with E-state index in [-0.39, 0.29) is 24.0 Å². The molecule has 0 aromatic heterocycles. The van der Waals surface area contributed by atoms with Crippen LogP contribution in [0.3, 0.4) is 0 Å². The fraction of sp³-hybridized carbons (Fsp3) is 0.632. The standard InChI is InChI=1S/C19H30ClN5O/c1-4-5-6-19(3,7-8-26)12-22-11-16-17-13(2)15(24-18(21)25-16)9-14(20)10-23-17/h9,12,15,23,26H,4-8,10-11H2,1-3H3,(H2,21,24)/b22-12-/t15?,19-/m1/s1. The van der Waals surface area contributed by atoms with E-state index < -0.39 is 0 Å². The van der Waals surface area contributed by atoms with Crippen LogP contribution in [-0.2, 0) is 0 Å². The molecule has 2 aliphatic rings. The summed E-state index contributed by atoms with van der Waals surface area (Å²) in [5.41, 5.74) is 8.58. The molecule has 1 unspecified atom stereocenters. The average molecular weight is 380 g/mol. The molecule has 0 fully saturated rings. The number of aliphatic hydroxyl groups excluding tert-OH is 1. The van der Waals surface area contributed by atoms with E-state index >= 15 is 0 Å². The molecule has 2 rings (SSSR count). The number of nitrogens with zero attached hydrogens (tertiary/aromatic N) is 3. The van der Waals surface area contributed by atoms with Crippen molar-refractivity contribution < 1.29 is 5.11 Å². The summed E-state index contributed by atoms with van der Waals surface area (Å²) in [6, 6.07) is -0.193. The minimum Gasteiger partial charge on any atom is -0.396 e. The van der Waals surface area contributed by atoms with Gasteiger partial charge in [0.15, 0.2) is 0 Å². The summed E-state index contributed by atoms with van der Waals surface area (Å²) in [5.74, 6) is 0.239. The summed E-state index contributed by atoms with van der Waals surface area (Å²) >= 11 is 6.22. The highest BCUT2D eigenvalue weighted by atomic mass is 35.5. The normalized spacial score (nSPS) is 22.8. The Balaban J connectivity index is 2.19. The number of halogens is 1. The van der Waals surface area contributed by atoms with Crippen LogP contribution in [0, 0.1) is 5.41 Å². The Bertz CT molecular complexity index is 665. The first-order chi connectivity index (χ1) is 12.4. The highest BCUT2D eigenvalue weighted by molar-refractivity contribution is 6.30. The fourth-order valence-corrected chi connectivity index (χ4v) is 3.39. The van der Waals surface area contributed by atoms with Gasteiger partial charge in [-0.2, -0.15) is 0 Å². The molecule has 0 amide bonds. The number of aliphatic hydroxyl groups is 1. The van der Waals surface area contributed by atoms with Crippen molar-refractivity contribution in [2.24, 2.45) is 26.1 Å². The number of fused-ring (bicyclic) bond motifs is 1. The third-order valence-corrected chi connectivity index (χ3v) is 5.11. The molecule has 4 N–H and O–H groups in total. The molecular weight excluding hydrogens is 350 g/mol. The molecule has 144 valence electrons. The number of guanidine groups is 1. The summed E-state index contributed by atoms with van der Waals surface area (Å²) < 4.78 is 0. The number of nitrogens with two attached hydrogens (primary N) is 1. The Morgan fingerprint density at radius 1 is 1.50 bits per heavy atom. The van der Waals surface area contributed by atoms with Crippen LogP contribution in [0.1, 0.15) is 46.5 Å². The maximum Gasteiger partial charge on any atom is 0.216 e. The van der Waals surface area contributed by atoms with E-state index in [0.717, 1.165) is 36.2 Å². The van der Waals surface area contributed by atoms with Crippen molar-refractivity contribution in [1.82, 2.24) is 5.32 Å². The lowest BCUT2D eigenvalue weighted by Crippen LogP contribution is -2.26. The van der Waals surface area contributed by atoms with Gasteiger partial charge in [-0.15, -0.1) is 0 Å². The van der Waals surface area contributed by atoms with Crippen LogP contribution < -0.4 is 11.1 Å². The summed E-state index contributed by atoms with van der Waals surface area (Å²) in [5, 5.41) is 13.4. The number of unbranched alkanes of at least 4 members (excludes halogenated alkanes) is 1. The van der Waals surface area contributed by atoms with Gasteiger partial charge < -0.3 is 16.2 Å². The highest BCUT2D eigenvalue weighted by Crippen LogP contribution is 2.26. The number of rotatable bonds is 8. The molecule has 0 aliphatic carbocycles. The van der Waals surface area contributed by atoms with Crippen LogP contribution in [0.4, 0.5) is 0 Å². The van der Waals surface area contributed by atoms with Crippen molar-refractivity contribution in [2.75, 3.05) is 19.7 Å². The van der Waals surface area contributed by atoms with E-state index in [9.17, 15) is 5.11 Å². The molecule has 26 heavy (non-hydrogen) atoms. The third-order valence-electron chi connectivity index (χ3n) is 4.85. The van der Waals surface area contributed by atoms with Crippen LogP contribution in [0.25, 0.3) is 0 Å². The lowest BCUT2D eigenvalue weighted by atomic mass is 9.83. The quantitative estimate of drug-likeness (QED) is 0.566. The van der Waals surface area contributed by atoms with Gasteiger partial charge in [0.05, 0.1) is 30.5 Å². The number of aliphatic imine (C=N–C) groups is 3. The zero-order valence-electron chi connectivity index (χ0n) is 15.9. The fourth-order valence-electron chi connectivity index (χ4n) is 3.20. The second-order valence-corrected chi connectivity index (χ2v) is 7.70. The smallest absolute Gasteiger partial charge is 0.216 e. The maximum atomic E-state index is 9.38. The minimum atomic E-state index is -0.193. The van der Waals surface area contributed by atoms with Gasteiger partial charge >= 0.3 is 0 Å². The number of hydrogen-bond acceptors (Lipinski definition) is 6. The molecule has 7 heteroatoms. The van der Waals surface area contributed by atoms with Crippen molar-refractivity contribution in [2.45, 2.75) is 52.5 Å². The lowest BCUT2D eigenvalue weighted by molar-refractivity contribution is 0.234. The van der Waals surface area contributed by atoms with E-state index in [4.69, 9.17) is 17.3 Å². The number of nitrogens with one attached hydrogen (secondary N) is 1. The summed E-state index contributed by atoms with van der Waals surface area (Å²) in [6.45, 7) is 7.43. The Morgan fingerprint density at radius 2 is 2.27 bits per heavy atom. The zero-order chi connectivity index (χ0) is 19.2. The Kier molecular flexibility index (Phi) is 7.41. The van der Waals surface area contributed by atoms with Crippen molar-refractivity contribution in [3.05, 3.63) is 22.4 Å². The van der Waals surface area contributed by atoms with Crippen LogP contribution in [0.5, 0.6) is 0 Å². The van der Waals surface area contributed by atoms with E-state index in [1.54, 1.807) is 0 Å². The van der Waals surface area contributed by atoms with Gasteiger partial charge in [-0.25, -0.2) is 9.98 Å². The minimum absolute atomic E-state index is 0.108. The third kappa shape index (κ3) is 5.42. The number of hydrogen-bond donors (Lipinski definition) is 3. The summed E-state index contributed by atoms with van der Waals surface area (Å²) in [4.78, 5) is 13.5. The highest BCUT2D eigenvalue weighted by Gasteiger charge is 2.24. The predicted molar refractivity (Wildman–Crippen MR) is 110 cm³/mol. The monoisotopic (exact) mass is 379 g/mol. The molecule has 2 atom stereocenters. The van der Waals surface area contributed by atoms with Gasteiger partial charge in [-0.3, -0.25) is 4.99 Å². The Labute approximate surface area is 161 Å². The molecule has 0 aromatic carbocycles. The van der Waals surface area contributed by atoms with Crippen molar-refractivity contribution in [1.29, 1.82) is 0 Å². The van der Waals surface area contributed by atoms with E-state index in [1.807, 2.05) is 19.2 Å². The topological polar surface area (TPSA) is 95.4 Å². The predicted octanol–water partition coefficient (Wildman–Crippen LogP) is 2.77. The van der Waals surface area contributed by atoms with E-state index in [2.05, 4.69) is 34.1 Å². The lowest BCUT2D eigenvalue weighted by Gasteiger charge is -2.24. The molecular formula is C19H30ClN5O. The molecule has 2 heterocycles. The molecule has 6 nitrogen and oxygen atoms in total. The second kappa shape index (κ2) is 9.33. The van der Waals surface area contributed by atoms with Gasteiger partial charge in [-0.1, -0.05) is 38.3 Å². The molecule has 2 aliphatic heterocycles. The van der Waals surface area contributed by atoms with Gasteiger partial charge in [0.25, 0.3) is 0 Å². The van der Waals surface area contributed by atoms with Crippen molar-refractivity contribution in [3.63, 3.8) is 0 Å². The summed E-state index contributed by atoms with van der Waals surface area (Å²) in [7, 11) is 0. The first kappa shape index (κ1) is 20.6. The molecule has 0 radical (unpaired) electrons. The Morgan fingerprint density at radius 3 is 2.96 bits per heavy atom. The van der Waals surface area contributed by atoms with Gasteiger partial charge in [0.2, 0.25) is 5.96 Å². The molecule has 0 aromatic rings. The van der Waals surface area contributed by atoms with E-state index in [0.29, 0.717) is 24.5 Å². The molecule has 0 saturated carbocycles. The van der Waals surface area contributed by atoms with Crippen molar-refractivity contribution >= 4 is 29.5 Å².